The molecule has 0 fully saturated rings. The van der Waals surface area contributed by atoms with Gasteiger partial charge in [0.25, 0.3) is 0 Å². The molecule has 1 radical (unpaired) electrons. The van der Waals surface area contributed by atoms with Gasteiger partial charge in [-0.1, -0.05) is 34.7 Å². The van der Waals surface area contributed by atoms with Crippen LogP contribution >= 0.6 is 0 Å². The Bertz CT molecular complexity index is 1490. The maximum atomic E-state index is 8.25. The van der Waals surface area contributed by atoms with E-state index >= 15 is 0 Å². The molecule has 6 aromatic rings. The molecule has 17 heteroatoms. The molecule has 39 heavy (non-hydrogen) atoms. The summed E-state index contributed by atoms with van der Waals surface area (Å²) >= 11 is 0. The number of hydrogen-bond acceptors (Lipinski definition) is 10. The van der Waals surface area contributed by atoms with Crippen molar-refractivity contribution in [2.45, 2.75) is 0 Å². The minimum absolute atomic E-state index is 0. The van der Waals surface area contributed by atoms with Gasteiger partial charge in [-0.05, 0) is 48.5 Å². The number of rotatable bonds is 2. The minimum Gasteiger partial charge on any atom is -0.356 e. The Balaban J connectivity index is 0.000000212. The Labute approximate surface area is 228 Å². The molecular weight excluding hydrogens is 564 g/mol. The fourth-order valence-electron chi connectivity index (χ4n) is 3.06. The zero-order chi connectivity index (χ0) is 27.3. The molecular formula is C22H16CuN10O6. The first-order chi connectivity index (χ1) is 18.4. The van der Waals surface area contributed by atoms with Crippen LogP contribution in [0, 0.1) is 30.6 Å². The molecule has 0 spiro atoms. The van der Waals surface area contributed by atoms with Crippen LogP contribution in [0.4, 0.5) is 0 Å². The summed E-state index contributed by atoms with van der Waals surface area (Å²) in [6, 6.07) is 23.2. The van der Waals surface area contributed by atoms with E-state index in [0.717, 1.165) is 33.8 Å². The van der Waals surface area contributed by atoms with Gasteiger partial charge < -0.3 is 30.6 Å². The van der Waals surface area contributed by atoms with Crippen LogP contribution in [0.1, 0.15) is 0 Å². The van der Waals surface area contributed by atoms with Crippen LogP contribution in [0.2, 0.25) is 0 Å². The van der Waals surface area contributed by atoms with Crippen LogP contribution in [-0.4, -0.2) is 30.6 Å². The van der Waals surface area contributed by atoms with Crippen molar-refractivity contribution in [2.75, 3.05) is 0 Å². The molecule has 0 aliphatic rings. The van der Waals surface area contributed by atoms with Crippen LogP contribution in [0.25, 0.3) is 33.8 Å². The van der Waals surface area contributed by atoms with E-state index in [1.165, 1.54) is 0 Å². The summed E-state index contributed by atoms with van der Waals surface area (Å²) in [4.78, 5) is 25.0. The van der Waals surface area contributed by atoms with Gasteiger partial charge in [-0.2, -0.15) is 0 Å². The summed E-state index contributed by atoms with van der Waals surface area (Å²) in [5.74, 6) is 0. The van der Waals surface area contributed by atoms with E-state index in [0.29, 0.717) is 0 Å². The predicted octanol–water partition coefficient (Wildman–Crippen LogP) is 1.20. The zero-order valence-corrected chi connectivity index (χ0v) is 20.4. The Hall–Kier alpha value is -5.54. The first-order valence-corrected chi connectivity index (χ1v) is 10.4. The van der Waals surface area contributed by atoms with Crippen molar-refractivity contribution in [2.24, 2.45) is 0 Å². The van der Waals surface area contributed by atoms with Crippen molar-refractivity contribution >= 4 is 11.0 Å². The van der Waals surface area contributed by atoms with Gasteiger partial charge in [0.05, 0.1) is 32.6 Å². The van der Waals surface area contributed by atoms with Gasteiger partial charge >= 0.3 is 17.1 Å². The summed E-state index contributed by atoms with van der Waals surface area (Å²) < 4.78 is 3.48. The molecule has 0 saturated heterocycles. The van der Waals surface area contributed by atoms with Crippen LogP contribution in [0.15, 0.2) is 97.6 Å². The molecule has 0 aliphatic heterocycles. The smallest absolute Gasteiger partial charge is 0.356 e. The van der Waals surface area contributed by atoms with E-state index in [1.54, 1.807) is 21.4 Å². The van der Waals surface area contributed by atoms with Crippen LogP contribution in [0.3, 0.4) is 0 Å². The number of fused-ring (bicyclic) bond motifs is 2. The molecule has 201 valence electrons. The second kappa shape index (κ2) is 14.9. The Kier molecular flexibility index (Phi) is 11.3. The molecule has 0 aliphatic carbocycles. The first kappa shape index (κ1) is 29.7. The van der Waals surface area contributed by atoms with Gasteiger partial charge in [-0.15, -0.1) is 10.2 Å². The van der Waals surface area contributed by atoms with Crippen molar-refractivity contribution in [3.05, 3.63) is 128 Å². The topological polar surface area (TPSA) is 220 Å². The summed E-state index contributed by atoms with van der Waals surface area (Å²) in [7, 11) is 0. The second-order valence-corrected chi connectivity index (χ2v) is 6.81. The van der Waals surface area contributed by atoms with Gasteiger partial charge in [0.1, 0.15) is 11.4 Å². The Morgan fingerprint density at radius 2 is 0.949 bits per heavy atom. The van der Waals surface area contributed by atoms with E-state index in [-0.39, 0.29) is 17.1 Å². The molecule has 0 bridgehead atoms. The Morgan fingerprint density at radius 3 is 1.28 bits per heavy atom. The maximum Gasteiger partial charge on any atom is 2.00 e. The third-order valence-electron chi connectivity index (χ3n) is 4.46. The summed E-state index contributed by atoms with van der Waals surface area (Å²) in [5, 5.41) is 45.8. The predicted molar refractivity (Wildman–Crippen MR) is 129 cm³/mol. The van der Waals surface area contributed by atoms with Gasteiger partial charge in [0.2, 0.25) is 0 Å². The van der Waals surface area contributed by atoms with E-state index in [1.807, 2.05) is 85.2 Å². The van der Waals surface area contributed by atoms with E-state index in [9.17, 15) is 0 Å². The number of nitrogens with zero attached hydrogens (tertiary/aromatic N) is 10. The third-order valence-corrected chi connectivity index (χ3v) is 4.46. The molecule has 0 unspecified atom stereocenters. The molecule has 0 atom stereocenters. The van der Waals surface area contributed by atoms with E-state index in [4.69, 9.17) is 30.6 Å². The fourth-order valence-corrected chi connectivity index (χ4v) is 3.06. The number of aromatic nitrogens is 8. The Morgan fingerprint density at radius 1 is 0.590 bits per heavy atom. The molecule has 6 heterocycles. The van der Waals surface area contributed by atoms with Crippen molar-refractivity contribution in [3.8, 4) is 22.8 Å². The first-order valence-electron chi connectivity index (χ1n) is 10.4. The SMILES string of the molecule is O=[N+]([O-])[O-].O=[N+]([O-])[O-].[Cu+2].c1ccc(-c2[n-]n[n+]3ccccc23)nc1.c1ccc(-c2[n-]n[n+]3ccccc23)nc1. The quantitative estimate of drug-likeness (QED) is 0.122. The zero-order valence-electron chi connectivity index (χ0n) is 19.5. The summed E-state index contributed by atoms with van der Waals surface area (Å²) in [6.45, 7) is 0. The van der Waals surface area contributed by atoms with Crippen LogP contribution < -0.4 is 19.2 Å². The average Bonchev–Trinajstić information content (AvgIpc) is 3.54. The molecule has 16 nitrogen and oxygen atoms in total. The second-order valence-electron chi connectivity index (χ2n) is 6.81. The van der Waals surface area contributed by atoms with Crippen LogP contribution in [-0.2, 0) is 17.1 Å². The van der Waals surface area contributed by atoms with Crippen molar-refractivity contribution < 1.29 is 36.3 Å². The van der Waals surface area contributed by atoms with E-state index in [2.05, 4.69) is 30.6 Å². The average molecular weight is 580 g/mol. The van der Waals surface area contributed by atoms with Crippen molar-refractivity contribution in [1.29, 1.82) is 0 Å². The third kappa shape index (κ3) is 8.81. The molecule has 0 N–H and O–H groups in total. The fraction of sp³-hybridized carbons (Fsp3) is 0. The molecule has 6 aromatic heterocycles. The molecule has 0 amide bonds. The standard InChI is InChI=1S/2C11H8N4.Cu.2NO3/c2*1-3-7-12-9(5-1)11-10-6-2-4-8-15(10)14-13-11;;2*2-1(3)4/h2*1-8H;;;/q;;+2;2*-1. The summed E-state index contributed by atoms with van der Waals surface area (Å²) in [6.07, 6.45) is 7.25. The van der Waals surface area contributed by atoms with Crippen LogP contribution in [0.5, 0.6) is 0 Å². The normalized spacial score (nSPS) is 9.44. The number of pyridine rings is 4. The minimum atomic E-state index is -1.75. The maximum absolute atomic E-state index is 8.25. The van der Waals surface area contributed by atoms with Gasteiger partial charge in [0.15, 0.2) is 0 Å². The molecule has 0 aromatic carbocycles. The van der Waals surface area contributed by atoms with Gasteiger partial charge in [-0.3, -0.25) is 9.97 Å². The molecule has 6 rings (SSSR count). The monoisotopic (exact) mass is 579 g/mol. The molecule has 0 saturated carbocycles. The van der Waals surface area contributed by atoms with Gasteiger partial charge in [-0.25, -0.2) is 9.03 Å². The van der Waals surface area contributed by atoms with Gasteiger partial charge in [0, 0.05) is 24.8 Å². The number of hydrogen-bond donors (Lipinski definition) is 0. The summed E-state index contributed by atoms with van der Waals surface area (Å²) in [5.41, 5.74) is 5.26. The van der Waals surface area contributed by atoms with E-state index < -0.39 is 10.2 Å². The largest absolute Gasteiger partial charge is 2.00 e. The van der Waals surface area contributed by atoms with Crippen molar-refractivity contribution in [3.63, 3.8) is 0 Å². The van der Waals surface area contributed by atoms with Crippen molar-refractivity contribution in [1.82, 2.24) is 30.6 Å².